The normalized spacial score (nSPS) is 21.4. The minimum absolute atomic E-state index is 0.0388. The van der Waals surface area contributed by atoms with E-state index in [0.29, 0.717) is 52.8 Å². The van der Waals surface area contributed by atoms with E-state index in [9.17, 15) is 14.3 Å². The molecule has 0 amide bonds. The van der Waals surface area contributed by atoms with E-state index in [0.717, 1.165) is 49.5 Å². The Hall–Kier alpha value is -4.17. The Morgan fingerprint density at radius 1 is 1.18 bits per heavy atom. The first-order chi connectivity index (χ1) is 21.8. The Morgan fingerprint density at radius 2 is 2.00 bits per heavy atom. The van der Waals surface area contributed by atoms with E-state index in [1.54, 1.807) is 18.3 Å². The molecule has 7 rings (SSSR count). The largest absolute Gasteiger partial charge is 0.478 e. The van der Waals surface area contributed by atoms with Gasteiger partial charge in [-0.15, -0.1) is 0 Å². The lowest BCUT2D eigenvalue weighted by molar-refractivity contribution is -0.0722. The average Bonchev–Trinajstić information content (AvgIpc) is 3.55. The molecule has 3 aliphatic heterocycles. The summed E-state index contributed by atoms with van der Waals surface area (Å²) in [5, 5.41) is 10.3. The van der Waals surface area contributed by atoms with Gasteiger partial charge in [-0.1, -0.05) is 35.6 Å². The van der Waals surface area contributed by atoms with E-state index in [1.165, 1.54) is 6.07 Å². The summed E-state index contributed by atoms with van der Waals surface area (Å²) < 4.78 is 33.5. The first kappa shape index (κ1) is 29.5. The Kier molecular flexibility index (Phi) is 7.86. The van der Waals surface area contributed by atoms with E-state index in [4.69, 9.17) is 30.8 Å². The van der Waals surface area contributed by atoms with Crippen molar-refractivity contribution in [3.63, 3.8) is 0 Å². The predicted octanol–water partition coefficient (Wildman–Crippen LogP) is 5.92. The fourth-order valence-corrected chi connectivity index (χ4v) is 6.51. The Labute approximate surface area is 264 Å². The number of aromatic nitrogens is 3. The van der Waals surface area contributed by atoms with Crippen LogP contribution < -0.4 is 9.47 Å². The highest BCUT2D eigenvalue weighted by Crippen LogP contribution is 2.49. The van der Waals surface area contributed by atoms with Crippen LogP contribution in [0.1, 0.15) is 65.1 Å². The number of fused-ring (bicyclic) bond motifs is 2. The number of imidazole rings is 1. The van der Waals surface area contributed by atoms with Crippen LogP contribution in [-0.4, -0.2) is 63.0 Å². The Balaban J connectivity index is 1.11. The van der Waals surface area contributed by atoms with Crippen molar-refractivity contribution in [2.24, 2.45) is 0 Å². The van der Waals surface area contributed by atoms with Crippen LogP contribution in [0.15, 0.2) is 48.7 Å². The van der Waals surface area contributed by atoms with Gasteiger partial charge in [-0.3, -0.25) is 9.88 Å². The van der Waals surface area contributed by atoms with Gasteiger partial charge in [0.2, 0.25) is 0 Å². The number of pyridine rings is 1. The van der Waals surface area contributed by atoms with Crippen LogP contribution in [0.4, 0.5) is 4.39 Å². The minimum Gasteiger partial charge on any atom is -0.478 e. The number of halogens is 2. The third kappa shape index (κ3) is 5.72. The molecule has 0 radical (unpaired) electrons. The zero-order chi connectivity index (χ0) is 31.1. The monoisotopic (exact) mass is 630 g/mol. The molecule has 0 bridgehead atoms. The molecule has 2 fully saturated rings. The van der Waals surface area contributed by atoms with E-state index >= 15 is 0 Å². The molecule has 232 valence electrons. The van der Waals surface area contributed by atoms with E-state index < -0.39 is 18.4 Å². The minimum atomic E-state index is -1.07. The lowest BCUT2D eigenvalue weighted by atomic mass is 9.88. The summed E-state index contributed by atoms with van der Waals surface area (Å²) >= 11 is 6.05. The van der Waals surface area contributed by atoms with Crippen molar-refractivity contribution < 1.29 is 28.5 Å². The maximum absolute atomic E-state index is 13.0. The summed E-state index contributed by atoms with van der Waals surface area (Å²) in [7, 11) is 0. The molecule has 2 aromatic heterocycles. The second kappa shape index (κ2) is 12.0. The number of hydrogen-bond donors (Lipinski definition) is 1. The van der Waals surface area contributed by atoms with Crippen LogP contribution in [0.5, 0.6) is 11.5 Å². The number of alkyl halides is 1. The summed E-state index contributed by atoms with van der Waals surface area (Å²) in [6, 6.07) is 12.7. The third-order valence-corrected chi connectivity index (χ3v) is 9.07. The van der Waals surface area contributed by atoms with Crippen LogP contribution in [0.3, 0.4) is 0 Å². The van der Waals surface area contributed by atoms with Crippen molar-refractivity contribution in [2.45, 2.75) is 57.1 Å². The highest BCUT2D eigenvalue weighted by Gasteiger charge is 2.42. The lowest BCUT2D eigenvalue weighted by Gasteiger charge is -2.33. The maximum atomic E-state index is 13.0. The lowest BCUT2D eigenvalue weighted by Crippen LogP contribution is -2.35. The molecule has 2 aromatic carbocycles. The molecule has 1 unspecified atom stereocenters. The number of carboxylic acid groups (broad SMARTS) is 1. The quantitative estimate of drug-likeness (QED) is 0.252. The van der Waals surface area contributed by atoms with Gasteiger partial charge in [-0.2, -0.15) is 0 Å². The van der Waals surface area contributed by atoms with Gasteiger partial charge in [0.25, 0.3) is 5.79 Å². The molecule has 1 N–H and O–H groups in total. The van der Waals surface area contributed by atoms with Crippen molar-refractivity contribution >= 4 is 28.6 Å². The SMILES string of the molecule is CC1(c2ccc(Cl)cn2)Oc2cccc(C3CCN(Cc4nc5c(C#CCF)cc(C(=O)O)cc5n4C[C@@H]4CCO4)CC3)c2O1. The number of carboxylic acids is 1. The number of likely N-dealkylation sites (tertiary alicyclic amines) is 1. The van der Waals surface area contributed by atoms with Gasteiger partial charge in [0.1, 0.15) is 17.0 Å². The Morgan fingerprint density at radius 3 is 2.69 bits per heavy atom. The van der Waals surface area contributed by atoms with Crippen LogP contribution in [0, 0.1) is 11.8 Å². The van der Waals surface area contributed by atoms with Crippen molar-refractivity contribution in [1.82, 2.24) is 19.4 Å². The number of aromatic carboxylic acids is 1. The van der Waals surface area contributed by atoms with Gasteiger partial charge >= 0.3 is 5.97 Å². The molecule has 45 heavy (non-hydrogen) atoms. The molecule has 5 heterocycles. The summed E-state index contributed by atoms with van der Waals surface area (Å²) in [4.78, 5) is 23.7. The molecule has 0 spiro atoms. The zero-order valence-electron chi connectivity index (χ0n) is 24.8. The number of piperidine rings is 1. The van der Waals surface area contributed by atoms with Crippen LogP contribution in [0.2, 0.25) is 5.02 Å². The Bertz CT molecular complexity index is 1820. The van der Waals surface area contributed by atoms with Crippen molar-refractivity contribution in [3.05, 3.63) is 81.9 Å². The molecular formula is C34H32ClFN4O5. The number of nitrogens with zero attached hydrogens (tertiary/aromatic N) is 4. The van der Waals surface area contributed by atoms with Crippen molar-refractivity contribution in [3.8, 4) is 23.3 Å². The van der Waals surface area contributed by atoms with Crippen LogP contribution in [0.25, 0.3) is 11.0 Å². The molecule has 2 saturated heterocycles. The highest BCUT2D eigenvalue weighted by molar-refractivity contribution is 6.30. The molecule has 11 heteroatoms. The van der Waals surface area contributed by atoms with E-state index in [-0.39, 0.29) is 17.6 Å². The summed E-state index contributed by atoms with van der Waals surface area (Å²) in [5.74, 6) is 5.66. The van der Waals surface area contributed by atoms with Gasteiger partial charge in [0.05, 0.1) is 40.9 Å². The van der Waals surface area contributed by atoms with Crippen molar-refractivity contribution in [1.29, 1.82) is 0 Å². The number of hydrogen-bond acceptors (Lipinski definition) is 7. The van der Waals surface area contributed by atoms with Crippen LogP contribution >= 0.6 is 11.6 Å². The maximum Gasteiger partial charge on any atom is 0.335 e. The molecule has 2 atom stereocenters. The number of para-hydroxylation sites is 1. The van der Waals surface area contributed by atoms with Crippen LogP contribution in [-0.2, 0) is 23.6 Å². The van der Waals surface area contributed by atoms with Crippen molar-refractivity contribution in [2.75, 3.05) is 26.4 Å². The molecule has 0 saturated carbocycles. The fourth-order valence-electron chi connectivity index (χ4n) is 6.40. The molecule has 4 aromatic rings. The number of ether oxygens (including phenoxy) is 3. The molecule has 0 aliphatic carbocycles. The van der Waals surface area contributed by atoms with Gasteiger partial charge < -0.3 is 23.9 Å². The van der Waals surface area contributed by atoms with E-state index in [1.807, 2.05) is 25.1 Å². The highest BCUT2D eigenvalue weighted by atomic mass is 35.5. The standard InChI is InChI=1S/C34H32ClFN4O5/c1-34(29-8-7-24(35)18-37-29)44-28-6-2-5-26(32(28)45-34)21-9-13-39(14-10-21)20-30-38-31-22(4-3-12-36)16-23(33(41)42)17-27(31)40(30)19-25-11-15-43-25/h2,5-8,16-18,21,25H,9-15,19-20H2,1H3,(H,41,42)/t25-,34?/m0/s1. The number of rotatable bonds is 7. The van der Waals surface area contributed by atoms with Gasteiger partial charge in [-0.25, -0.2) is 14.2 Å². The van der Waals surface area contributed by atoms with Gasteiger partial charge in [0, 0.05) is 25.3 Å². The second-order valence-electron chi connectivity index (χ2n) is 11.8. The summed E-state index contributed by atoms with van der Waals surface area (Å²) in [6.07, 6.45) is 4.39. The average molecular weight is 631 g/mol. The predicted molar refractivity (Wildman–Crippen MR) is 165 cm³/mol. The van der Waals surface area contributed by atoms with Gasteiger partial charge in [0.15, 0.2) is 18.2 Å². The second-order valence-corrected chi connectivity index (χ2v) is 12.2. The zero-order valence-corrected chi connectivity index (χ0v) is 25.5. The van der Waals surface area contributed by atoms with E-state index in [2.05, 4.69) is 32.4 Å². The summed E-state index contributed by atoms with van der Waals surface area (Å²) in [6.45, 7) is 4.57. The third-order valence-electron chi connectivity index (χ3n) is 8.85. The number of benzene rings is 2. The topological polar surface area (TPSA) is 98.9 Å². The first-order valence-electron chi connectivity index (χ1n) is 15.1. The number of carbonyl (C=O) groups is 1. The molecular weight excluding hydrogens is 599 g/mol. The molecule has 9 nitrogen and oxygen atoms in total. The summed E-state index contributed by atoms with van der Waals surface area (Å²) in [5.41, 5.74) is 3.54. The molecule has 3 aliphatic rings. The first-order valence-corrected chi connectivity index (χ1v) is 15.5. The smallest absolute Gasteiger partial charge is 0.335 e. The van der Waals surface area contributed by atoms with Gasteiger partial charge in [-0.05, 0) is 68.6 Å². The fraction of sp³-hybridized carbons (Fsp3) is 0.382.